The van der Waals surface area contributed by atoms with Crippen molar-refractivity contribution >= 4 is 11.6 Å². The molecular weight excluding hydrogens is 156 g/mol. The second-order valence-electron chi connectivity index (χ2n) is 2.71. The van der Waals surface area contributed by atoms with Crippen LogP contribution in [0.2, 0.25) is 0 Å². The van der Waals surface area contributed by atoms with Crippen molar-refractivity contribution in [3.8, 4) is 0 Å². The van der Waals surface area contributed by atoms with Gasteiger partial charge in [-0.15, -0.1) is 0 Å². The first-order valence-corrected chi connectivity index (χ1v) is 4.34. The molecule has 0 spiro atoms. The highest BCUT2D eigenvalue weighted by atomic mass is 35.5. The summed E-state index contributed by atoms with van der Waals surface area (Å²) in [5.74, 6) is 0. The van der Waals surface area contributed by atoms with E-state index in [1.54, 1.807) is 0 Å². The molecule has 0 bridgehead atoms. The molecule has 0 fully saturated rings. The Labute approximate surface area is 73.3 Å². The first kappa shape index (κ1) is 8.61. The lowest BCUT2D eigenvalue weighted by atomic mass is 9.95. The van der Waals surface area contributed by atoms with Crippen LogP contribution in [-0.4, -0.2) is 0 Å². The molecule has 0 aliphatic heterocycles. The summed E-state index contributed by atoms with van der Waals surface area (Å²) in [4.78, 5) is 0. The first-order chi connectivity index (χ1) is 5.29. The van der Waals surface area contributed by atoms with Crippen LogP contribution in [0, 0.1) is 0 Å². The van der Waals surface area contributed by atoms with E-state index < -0.39 is 0 Å². The van der Waals surface area contributed by atoms with Crippen molar-refractivity contribution in [1.29, 1.82) is 0 Å². The summed E-state index contributed by atoms with van der Waals surface area (Å²) in [7, 11) is 0. The highest BCUT2D eigenvalue weighted by Gasteiger charge is 2.11. The molecule has 60 valence electrons. The normalized spacial score (nSPS) is 22.5. The van der Waals surface area contributed by atoms with Gasteiger partial charge in [0.05, 0.1) is 0 Å². The zero-order valence-electron chi connectivity index (χ0n) is 6.86. The molecular formula is C10H13Cl. The number of allylic oxidation sites excluding steroid dienone is 5. The molecule has 1 aliphatic carbocycles. The van der Waals surface area contributed by atoms with Crippen LogP contribution in [0.25, 0.3) is 0 Å². The van der Waals surface area contributed by atoms with E-state index in [1.807, 2.05) is 13.0 Å². The minimum atomic E-state index is 0.925. The van der Waals surface area contributed by atoms with E-state index in [-0.39, 0.29) is 0 Å². The third-order valence-corrected chi connectivity index (χ3v) is 2.54. The Hall–Kier alpha value is -0.490. The van der Waals surface area contributed by atoms with Gasteiger partial charge in [0.1, 0.15) is 0 Å². The minimum Gasteiger partial charge on any atom is -0.0987 e. The standard InChI is InChI=1S/C10H13Cl/c1-3-8-6-5-7-9(4-2)10(8)11/h3-4H,1,5-7H2,2H3/b9-4+. The summed E-state index contributed by atoms with van der Waals surface area (Å²) >= 11 is 6.09. The summed E-state index contributed by atoms with van der Waals surface area (Å²) in [5.41, 5.74) is 2.47. The lowest BCUT2D eigenvalue weighted by molar-refractivity contribution is 0.791. The van der Waals surface area contributed by atoms with Gasteiger partial charge >= 0.3 is 0 Å². The maximum Gasteiger partial charge on any atom is 0.0466 e. The van der Waals surface area contributed by atoms with E-state index in [9.17, 15) is 0 Å². The van der Waals surface area contributed by atoms with Crippen molar-refractivity contribution in [2.75, 3.05) is 0 Å². The summed E-state index contributed by atoms with van der Waals surface area (Å²) in [6.07, 6.45) is 7.36. The van der Waals surface area contributed by atoms with Crippen LogP contribution in [0.5, 0.6) is 0 Å². The van der Waals surface area contributed by atoms with Crippen molar-refractivity contribution in [2.45, 2.75) is 26.2 Å². The van der Waals surface area contributed by atoms with E-state index in [1.165, 1.54) is 17.6 Å². The van der Waals surface area contributed by atoms with Crippen LogP contribution in [0.1, 0.15) is 26.2 Å². The molecule has 0 heterocycles. The molecule has 0 nitrogen and oxygen atoms in total. The van der Waals surface area contributed by atoms with Gasteiger partial charge in [0.25, 0.3) is 0 Å². The van der Waals surface area contributed by atoms with E-state index in [2.05, 4.69) is 12.7 Å². The fraction of sp³-hybridized carbons (Fsp3) is 0.400. The minimum absolute atomic E-state index is 0.925. The molecule has 11 heavy (non-hydrogen) atoms. The SMILES string of the molecule is C=CC1=C(Cl)/C(=C/C)CCC1. The van der Waals surface area contributed by atoms with Crippen LogP contribution in [0.15, 0.2) is 34.9 Å². The van der Waals surface area contributed by atoms with E-state index >= 15 is 0 Å². The van der Waals surface area contributed by atoms with Crippen LogP contribution >= 0.6 is 11.6 Å². The summed E-state index contributed by atoms with van der Waals surface area (Å²) in [5, 5.41) is 0.925. The van der Waals surface area contributed by atoms with Gasteiger partial charge in [-0.05, 0) is 37.3 Å². The Morgan fingerprint density at radius 1 is 1.45 bits per heavy atom. The molecule has 1 aliphatic rings. The van der Waals surface area contributed by atoms with Gasteiger partial charge in [-0.2, -0.15) is 0 Å². The second kappa shape index (κ2) is 3.77. The summed E-state index contributed by atoms with van der Waals surface area (Å²) in [6, 6.07) is 0. The second-order valence-corrected chi connectivity index (χ2v) is 3.09. The molecule has 0 unspecified atom stereocenters. The first-order valence-electron chi connectivity index (χ1n) is 3.96. The molecule has 0 aromatic heterocycles. The zero-order chi connectivity index (χ0) is 8.27. The number of halogens is 1. The van der Waals surface area contributed by atoms with Crippen molar-refractivity contribution in [2.24, 2.45) is 0 Å². The van der Waals surface area contributed by atoms with Crippen molar-refractivity contribution in [3.05, 3.63) is 34.9 Å². The van der Waals surface area contributed by atoms with E-state index in [0.29, 0.717) is 0 Å². The van der Waals surface area contributed by atoms with Crippen molar-refractivity contribution in [3.63, 3.8) is 0 Å². The topological polar surface area (TPSA) is 0 Å². The molecule has 0 saturated heterocycles. The molecule has 0 N–H and O–H groups in total. The monoisotopic (exact) mass is 168 g/mol. The maximum absolute atomic E-state index is 6.09. The van der Waals surface area contributed by atoms with Crippen LogP contribution < -0.4 is 0 Å². The fourth-order valence-electron chi connectivity index (χ4n) is 1.36. The van der Waals surface area contributed by atoms with E-state index in [0.717, 1.165) is 17.9 Å². The molecule has 0 aromatic rings. The third-order valence-electron chi connectivity index (χ3n) is 2.05. The summed E-state index contributed by atoms with van der Waals surface area (Å²) < 4.78 is 0. The lowest BCUT2D eigenvalue weighted by Crippen LogP contribution is -1.96. The van der Waals surface area contributed by atoms with Crippen molar-refractivity contribution < 1.29 is 0 Å². The summed E-state index contributed by atoms with van der Waals surface area (Å²) in [6.45, 7) is 5.77. The fourth-order valence-corrected chi connectivity index (χ4v) is 1.73. The Balaban J connectivity index is 2.97. The van der Waals surface area contributed by atoms with Gasteiger partial charge in [0, 0.05) is 5.03 Å². The average Bonchev–Trinajstić information content (AvgIpc) is 2.05. The highest BCUT2D eigenvalue weighted by molar-refractivity contribution is 6.32. The van der Waals surface area contributed by atoms with Gasteiger partial charge in [0.15, 0.2) is 0 Å². The highest BCUT2D eigenvalue weighted by Crippen LogP contribution is 2.32. The van der Waals surface area contributed by atoms with Gasteiger partial charge in [-0.1, -0.05) is 30.3 Å². The lowest BCUT2D eigenvalue weighted by Gasteiger charge is -2.15. The quantitative estimate of drug-likeness (QED) is 0.559. The molecule has 0 atom stereocenters. The van der Waals surface area contributed by atoms with Crippen LogP contribution in [0.4, 0.5) is 0 Å². The predicted molar refractivity (Wildman–Crippen MR) is 50.7 cm³/mol. The van der Waals surface area contributed by atoms with E-state index in [4.69, 9.17) is 11.6 Å². The molecule has 1 heteroatoms. The van der Waals surface area contributed by atoms with Gasteiger partial charge in [-0.3, -0.25) is 0 Å². The molecule has 0 aromatic carbocycles. The van der Waals surface area contributed by atoms with Crippen LogP contribution in [-0.2, 0) is 0 Å². The van der Waals surface area contributed by atoms with Gasteiger partial charge in [0.2, 0.25) is 0 Å². The average molecular weight is 169 g/mol. The Morgan fingerprint density at radius 3 is 2.73 bits per heavy atom. The Kier molecular flexibility index (Phi) is 2.95. The van der Waals surface area contributed by atoms with Crippen LogP contribution in [0.3, 0.4) is 0 Å². The molecule has 0 radical (unpaired) electrons. The predicted octanol–water partition coefficient (Wildman–Crippen LogP) is 3.80. The van der Waals surface area contributed by atoms with Gasteiger partial charge < -0.3 is 0 Å². The number of rotatable bonds is 1. The largest absolute Gasteiger partial charge is 0.0987 e. The van der Waals surface area contributed by atoms with Crippen molar-refractivity contribution in [1.82, 2.24) is 0 Å². The zero-order valence-corrected chi connectivity index (χ0v) is 7.62. The smallest absolute Gasteiger partial charge is 0.0466 e. The maximum atomic E-state index is 6.09. The Bertz CT molecular complexity index is 221. The molecule has 1 rings (SSSR count). The Morgan fingerprint density at radius 2 is 2.18 bits per heavy atom. The number of hydrogen-bond acceptors (Lipinski definition) is 0. The molecule has 0 saturated carbocycles. The third kappa shape index (κ3) is 1.75. The van der Waals surface area contributed by atoms with Gasteiger partial charge in [-0.25, -0.2) is 0 Å². The number of hydrogen-bond donors (Lipinski definition) is 0. The molecule has 0 amide bonds.